The molecule has 0 amide bonds. The molecule has 0 nitrogen and oxygen atoms in total. The van der Waals surface area contributed by atoms with Crippen molar-refractivity contribution in [3.05, 3.63) is 0 Å². The lowest BCUT2D eigenvalue weighted by Gasteiger charge is -2.16. The molecule has 2 saturated carbocycles. The maximum atomic E-state index is 1.59. The van der Waals surface area contributed by atoms with Crippen molar-refractivity contribution in [2.45, 2.75) is 114 Å². The zero-order valence-electron chi connectivity index (χ0n) is 13.5. The molecule has 0 saturated heterocycles. The lowest BCUT2D eigenvalue weighted by Crippen LogP contribution is -2.02. The smallest absolute Gasteiger partial charge is 0.0533 e. The van der Waals surface area contributed by atoms with Gasteiger partial charge < -0.3 is 0 Å². The zero-order valence-corrected chi connectivity index (χ0v) is 15.7. The van der Waals surface area contributed by atoms with Gasteiger partial charge in [-0.2, -0.15) is 0 Å². The zero-order chi connectivity index (χ0) is 13.9. The lowest BCUT2D eigenvalue weighted by molar-refractivity contribution is 0.624. The first kappa shape index (κ1) is 17.2. The average Bonchev–Trinajstić information content (AvgIpc) is 2.68. The van der Waals surface area contributed by atoms with E-state index in [9.17, 15) is 0 Å². The minimum absolute atomic E-state index is 0.790. The van der Waals surface area contributed by atoms with Crippen molar-refractivity contribution < 1.29 is 0 Å². The van der Waals surface area contributed by atoms with Crippen molar-refractivity contribution in [1.82, 2.24) is 0 Å². The van der Waals surface area contributed by atoms with Crippen LogP contribution in [0.15, 0.2) is 0 Å². The van der Waals surface area contributed by atoms with E-state index < -0.39 is 0 Å². The monoisotopic (exact) mass is 315 g/mol. The Morgan fingerprint density at radius 1 is 0.500 bits per heavy atom. The first-order valence-corrected chi connectivity index (χ1v) is 13.1. The molecule has 0 N–H and O–H groups in total. The second kappa shape index (κ2) is 11.4. The van der Waals surface area contributed by atoms with E-state index in [4.69, 9.17) is 0 Å². The summed E-state index contributed by atoms with van der Waals surface area (Å²) in [5.74, 6) is 0. The fourth-order valence-electron chi connectivity index (χ4n) is 3.90. The van der Waals surface area contributed by atoms with Crippen LogP contribution < -0.4 is 0 Å². The first-order chi connectivity index (χ1) is 9.95. The molecular formula is C18H37P2+. The Balaban J connectivity index is 1.67. The van der Waals surface area contributed by atoms with E-state index >= 15 is 0 Å². The Labute approximate surface area is 131 Å². The van der Waals surface area contributed by atoms with E-state index in [-0.39, 0.29) is 0 Å². The van der Waals surface area contributed by atoms with Crippen LogP contribution in [0.5, 0.6) is 0 Å². The Morgan fingerprint density at radius 3 is 1.40 bits per heavy atom. The molecule has 0 aromatic carbocycles. The lowest BCUT2D eigenvalue weighted by atomic mass is 10.1. The van der Waals surface area contributed by atoms with Crippen molar-refractivity contribution in [3.63, 3.8) is 0 Å². The quantitative estimate of drug-likeness (QED) is 0.492. The summed E-state index contributed by atoms with van der Waals surface area (Å²) in [6.45, 7) is 0. The van der Waals surface area contributed by atoms with Gasteiger partial charge in [0.15, 0.2) is 0 Å². The van der Waals surface area contributed by atoms with Gasteiger partial charge in [0.2, 0.25) is 0 Å². The second-order valence-corrected chi connectivity index (χ2v) is 11.6. The van der Waals surface area contributed by atoms with Gasteiger partial charge >= 0.3 is 0 Å². The minimum atomic E-state index is 0.790. The molecule has 2 atom stereocenters. The number of hydrogen-bond donors (Lipinski definition) is 0. The van der Waals surface area contributed by atoms with Crippen LogP contribution in [0.25, 0.3) is 0 Å². The summed E-state index contributed by atoms with van der Waals surface area (Å²) >= 11 is 0. The van der Waals surface area contributed by atoms with E-state index in [0.29, 0.717) is 0 Å². The van der Waals surface area contributed by atoms with E-state index in [2.05, 4.69) is 0 Å². The Hall–Kier alpha value is 0.860. The van der Waals surface area contributed by atoms with Crippen molar-refractivity contribution in [3.8, 4) is 0 Å². The fourth-order valence-corrected chi connectivity index (χ4v) is 9.63. The van der Waals surface area contributed by atoms with E-state index in [1.54, 1.807) is 51.4 Å². The highest BCUT2D eigenvalue weighted by Crippen LogP contribution is 2.50. The summed E-state index contributed by atoms with van der Waals surface area (Å²) < 4.78 is 0. The highest BCUT2D eigenvalue weighted by atomic mass is 32.0. The predicted molar refractivity (Wildman–Crippen MR) is 99.5 cm³/mol. The van der Waals surface area contributed by atoms with Crippen LogP contribution in [0.4, 0.5) is 0 Å². The van der Waals surface area contributed by atoms with Gasteiger partial charge in [-0.25, -0.2) is 0 Å². The van der Waals surface area contributed by atoms with E-state index in [1.165, 1.54) is 65.3 Å². The van der Waals surface area contributed by atoms with Crippen molar-refractivity contribution in [2.24, 2.45) is 0 Å². The molecule has 2 aliphatic carbocycles. The average molecular weight is 315 g/mol. The third-order valence-corrected chi connectivity index (χ3v) is 11.1. The molecule has 2 rings (SSSR count). The largest absolute Gasteiger partial charge is 0.0672 e. The molecule has 0 aliphatic heterocycles. The Bertz CT molecular complexity index is 185. The molecule has 0 spiro atoms. The number of rotatable bonds is 3. The molecule has 2 fully saturated rings. The Morgan fingerprint density at radius 2 is 0.900 bits per heavy atom. The fraction of sp³-hybridized carbons (Fsp3) is 1.00. The standard InChI is InChI=1S/C18H36P2/c1-2-6-10-14-17(13-9-5-1)19-20-18-15-11-7-3-4-8-12-16-18/h17-20H,1-16H2/p+1. The van der Waals surface area contributed by atoms with Crippen LogP contribution in [0.1, 0.15) is 103 Å². The summed E-state index contributed by atoms with van der Waals surface area (Å²) in [4.78, 5) is 0. The maximum Gasteiger partial charge on any atom is 0.0672 e. The third kappa shape index (κ3) is 7.75. The van der Waals surface area contributed by atoms with Crippen molar-refractivity contribution in [1.29, 1.82) is 0 Å². The van der Waals surface area contributed by atoms with Gasteiger partial charge in [0.1, 0.15) is 0 Å². The predicted octanol–water partition coefficient (Wildman–Crippen LogP) is 7.00. The van der Waals surface area contributed by atoms with Gasteiger partial charge in [0.05, 0.1) is 5.66 Å². The number of hydrogen-bond acceptors (Lipinski definition) is 0. The van der Waals surface area contributed by atoms with E-state index in [1.807, 2.05) is 0 Å². The highest BCUT2D eigenvalue weighted by molar-refractivity contribution is 8.12. The molecule has 2 unspecified atom stereocenters. The highest BCUT2D eigenvalue weighted by Gasteiger charge is 2.20. The SMILES string of the molecule is C1CCCCC(P[PH2+]C2CCCCCCCC2)CCC1. The molecule has 2 heteroatoms. The van der Waals surface area contributed by atoms with Gasteiger partial charge in [0, 0.05) is 22.2 Å². The second-order valence-electron chi connectivity index (χ2n) is 7.19. The molecular weight excluding hydrogens is 278 g/mol. The normalized spacial score (nSPS) is 27.0. The van der Waals surface area contributed by atoms with Gasteiger partial charge in [-0.3, -0.25) is 0 Å². The molecule has 0 aromatic rings. The van der Waals surface area contributed by atoms with Gasteiger partial charge in [0.25, 0.3) is 0 Å². The van der Waals surface area contributed by atoms with Gasteiger partial charge in [-0.1, -0.05) is 64.2 Å². The third-order valence-electron chi connectivity index (χ3n) is 5.32. The minimum Gasteiger partial charge on any atom is -0.0533 e. The van der Waals surface area contributed by atoms with Crippen molar-refractivity contribution >= 4 is 16.5 Å². The van der Waals surface area contributed by atoms with Crippen LogP contribution in [0.3, 0.4) is 0 Å². The van der Waals surface area contributed by atoms with Gasteiger partial charge in [-0.15, -0.1) is 0 Å². The van der Waals surface area contributed by atoms with Gasteiger partial charge in [-0.05, 0) is 38.5 Å². The molecule has 2 aliphatic rings. The maximum absolute atomic E-state index is 1.59. The summed E-state index contributed by atoms with van der Waals surface area (Å²) in [7, 11) is 2.17. The van der Waals surface area contributed by atoms with E-state index in [0.717, 1.165) is 13.9 Å². The summed E-state index contributed by atoms with van der Waals surface area (Å²) in [6, 6.07) is 0. The summed E-state index contributed by atoms with van der Waals surface area (Å²) in [6.07, 6.45) is 24.7. The molecule has 0 heterocycles. The molecule has 0 radical (unpaired) electrons. The van der Waals surface area contributed by atoms with Crippen molar-refractivity contribution in [2.75, 3.05) is 0 Å². The first-order valence-electron chi connectivity index (χ1n) is 9.54. The molecule has 20 heavy (non-hydrogen) atoms. The van der Waals surface area contributed by atoms with Crippen LogP contribution in [0.2, 0.25) is 0 Å². The van der Waals surface area contributed by atoms with Crippen LogP contribution >= 0.6 is 16.5 Å². The van der Waals surface area contributed by atoms with Crippen LogP contribution in [-0.4, -0.2) is 11.3 Å². The molecule has 0 bridgehead atoms. The van der Waals surface area contributed by atoms with Crippen LogP contribution in [0, 0.1) is 0 Å². The Kier molecular flexibility index (Phi) is 9.84. The topological polar surface area (TPSA) is 0 Å². The molecule has 0 aromatic heterocycles. The van der Waals surface area contributed by atoms with Crippen LogP contribution in [-0.2, 0) is 0 Å². The molecule has 118 valence electrons. The summed E-state index contributed by atoms with van der Waals surface area (Å²) in [5.41, 5.74) is 2.33. The summed E-state index contributed by atoms with van der Waals surface area (Å²) in [5, 5.41) is 0.